The summed E-state index contributed by atoms with van der Waals surface area (Å²) < 4.78 is 82.2. The molecule has 2 unspecified atom stereocenters. The zero-order chi connectivity index (χ0) is 33.2. The lowest BCUT2D eigenvalue weighted by Gasteiger charge is -2.25. The first-order chi connectivity index (χ1) is 21.1. The molecule has 0 bridgehead atoms. The molecule has 45 heavy (non-hydrogen) atoms. The van der Waals surface area contributed by atoms with Crippen molar-refractivity contribution < 1.29 is 55.1 Å². The number of sulfonamides is 1. The van der Waals surface area contributed by atoms with Gasteiger partial charge < -0.3 is 24.0 Å². The standard InChI is InChI=1S/C28H30F3N3O9S2/c1-17(35)42-13-4-11-26(19-7-5-18(6-8-19)24(36)34(2)12-14-41-3)16-27(26,25(37)38)33-45(39,40)23-10-9-21(44-23)20-15-22(43-32-20)28(29,30)31/h5-10,15,33H,4,11-14,16H2,1-3H3,(H,37,38). The van der Waals surface area contributed by atoms with Crippen LogP contribution in [0.4, 0.5) is 13.2 Å². The van der Waals surface area contributed by atoms with Gasteiger partial charge in [0.2, 0.25) is 5.76 Å². The first kappa shape index (κ1) is 34.1. The van der Waals surface area contributed by atoms with Crippen molar-refractivity contribution in [3.63, 3.8) is 0 Å². The van der Waals surface area contributed by atoms with Crippen molar-refractivity contribution >= 4 is 39.2 Å². The van der Waals surface area contributed by atoms with Crippen molar-refractivity contribution in [3.05, 3.63) is 59.4 Å². The molecule has 2 atom stereocenters. The number of nitrogens with zero attached hydrogens (tertiary/aromatic N) is 2. The third kappa shape index (κ3) is 7.05. The number of esters is 1. The lowest BCUT2D eigenvalue weighted by atomic mass is 9.85. The Labute approximate surface area is 260 Å². The van der Waals surface area contributed by atoms with Crippen molar-refractivity contribution in [2.24, 2.45) is 0 Å². The Morgan fingerprint density at radius 3 is 2.42 bits per heavy atom. The van der Waals surface area contributed by atoms with Crippen molar-refractivity contribution in [3.8, 4) is 10.6 Å². The highest BCUT2D eigenvalue weighted by Crippen LogP contribution is 2.61. The van der Waals surface area contributed by atoms with Gasteiger partial charge in [0.15, 0.2) is 0 Å². The van der Waals surface area contributed by atoms with Crippen molar-refractivity contribution in [1.29, 1.82) is 0 Å². The average molecular weight is 674 g/mol. The van der Waals surface area contributed by atoms with Crippen LogP contribution in [0, 0.1) is 0 Å². The van der Waals surface area contributed by atoms with Gasteiger partial charge in [0.1, 0.15) is 15.4 Å². The molecule has 1 aromatic carbocycles. The van der Waals surface area contributed by atoms with Gasteiger partial charge in [-0.2, -0.15) is 17.9 Å². The van der Waals surface area contributed by atoms with Gasteiger partial charge in [0.05, 0.1) is 18.1 Å². The quantitative estimate of drug-likeness (QED) is 0.189. The third-order valence-corrected chi connectivity index (χ3v) is 10.6. The Hall–Kier alpha value is -3.80. The monoisotopic (exact) mass is 673 g/mol. The number of methoxy groups -OCH3 is 1. The summed E-state index contributed by atoms with van der Waals surface area (Å²) >= 11 is 0.589. The molecule has 1 saturated carbocycles. The number of amides is 1. The Balaban J connectivity index is 1.64. The third-order valence-electron chi connectivity index (χ3n) is 7.54. The van der Waals surface area contributed by atoms with Crippen LogP contribution in [0.3, 0.4) is 0 Å². The topological polar surface area (TPSA) is 165 Å². The number of ether oxygens (including phenoxy) is 2. The SMILES string of the molecule is COCCN(C)C(=O)c1ccc(C2(CCCOC(C)=O)CC2(NS(=O)(=O)c2ccc(-c3cc(C(F)(F)F)on3)s2)C(=O)O)cc1. The summed E-state index contributed by atoms with van der Waals surface area (Å²) in [7, 11) is -1.42. The largest absolute Gasteiger partial charge is 0.480 e. The summed E-state index contributed by atoms with van der Waals surface area (Å²) in [5.41, 5.74) is -2.79. The van der Waals surface area contributed by atoms with E-state index in [2.05, 4.69) is 14.4 Å². The zero-order valence-electron chi connectivity index (χ0n) is 24.3. The molecule has 2 heterocycles. The maximum Gasteiger partial charge on any atom is 0.452 e. The fourth-order valence-corrected chi connectivity index (χ4v) is 7.82. The summed E-state index contributed by atoms with van der Waals surface area (Å²) in [6, 6.07) is 9.17. The van der Waals surface area contributed by atoms with E-state index in [1.807, 2.05) is 0 Å². The normalized spacial score (nSPS) is 19.7. The number of carboxylic acids is 1. The lowest BCUT2D eigenvalue weighted by molar-refractivity contribution is -0.155. The molecule has 2 N–H and O–H groups in total. The number of nitrogens with one attached hydrogen (secondary N) is 1. The van der Waals surface area contributed by atoms with E-state index in [-0.39, 0.29) is 46.6 Å². The predicted molar refractivity (Wildman–Crippen MR) is 153 cm³/mol. The molecule has 1 aliphatic rings. The number of rotatable bonds is 14. The Bertz CT molecular complexity index is 1670. The minimum Gasteiger partial charge on any atom is -0.480 e. The Morgan fingerprint density at radius 2 is 1.84 bits per heavy atom. The molecule has 4 rings (SSSR count). The van der Waals surface area contributed by atoms with E-state index < -0.39 is 44.9 Å². The Kier molecular flexibility index (Phi) is 9.77. The molecule has 17 heteroatoms. The molecule has 0 spiro atoms. The summed E-state index contributed by atoms with van der Waals surface area (Å²) in [5, 5.41) is 13.8. The van der Waals surface area contributed by atoms with Crippen LogP contribution in [0.25, 0.3) is 10.6 Å². The van der Waals surface area contributed by atoms with E-state index in [0.717, 1.165) is 6.07 Å². The molecule has 244 valence electrons. The van der Waals surface area contributed by atoms with Crippen LogP contribution in [-0.4, -0.2) is 80.9 Å². The van der Waals surface area contributed by atoms with Crippen molar-refractivity contribution in [2.45, 2.75) is 47.5 Å². The minimum atomic E-state index is -4.79. The minimum absolute atomic E-state index is 0.0354. The molecule has 1 amide bonds. The first-order valence-corrected chi connectivity index (χ1v) is 15.8. The molecule has 12 nitrogen and oxygen atoms in total. The van der Waals surface area contributed by atoms with Gasteiger partial charge >= 0.3 is 18.1 Å². The van der Waals surface area contributed by atoms with Gasteiger partial charge in [-0.15, -0.1) is 11.3 Å². The maximum atomic E-state index is 13.5. The van der Waals surface area contributed by atoms with Crippen LogP contribution in [0.5, 0.6) is 0 Å². The van der Waals surface area contributed by atoms with Crippen LogP contribution < -0.4 is 4.72 Å². The Morgan fingerprint density at radius 1 is 1.16 bits per heavy atom. The van der Waals surface area contributed by atoms with Gasteiger partial charge in [-0.3, -0.25) is 14.4 Å². The van der Waals surface area contributed by atoms with Crippen molar-refractivity contribution in [2.75, 3.05) is 33.9 Å². The molecular formula is C28H30F3N3O9S2. The number of carboxylic acid groups (broad SMARTS) is 1. The summed E-state index contributed by atoms with van der Waals surface area (Å²) in [6.45, 7) is 1.85. The number of hydrogen-bond donors (Lipinski definition) is 2. The summed E-state index contributed by atoms with van der Waals surface area (Å²) in [5.74, 6) is -3.65. The van der Waals surface area contributed by atoms with Crippen LogP contribution in [0.15, 0.2) is 51.2 Å². The van der Waals surface area contributed by atoms with Gasteiger partial charge in [-0.1, -0.05) is 17.3 Å². The number of halogens is 3. The smallest absolute Gasteiger partial charge is 0.452 e. The zero-order valence-corrected chi connectivity index (χ0v) is 26.0. The molecule has 2 aromatic heterocycles. The number of aliphatic carboxylic acids is 1. The predicted octanol–water partition coefficient (Wildman–Crippen LogP) is 3.93. The number of aromatic nitrogens is 1. The second-order valence-electron chi connectivity index (χ2n) is 10.5. The maximum absolute atomic E-state index is 13.5. The lowest BCUT2D eigenvalue weighted by Crippen LogP contribution is -2.48. The number of carbonyl (C=O) groups excluding carboxylic acids is 2. The van der Waals surface area contributed by atoms with Crippen LogP contribution in [-0.2, 0) is 40.7 Å². The van der Waals surface area contributed by atoms with E-state index in [1.54, 1.807) is 19.2 Å². The molecule has 0 aliphatic heterocycles. The van der Waals surface area contributed by atoms with Crippen LogP contribution in [0.2, 0.25) is 0 Å². The molecule has 3 aromatic rings. The molecule has 0 saturated heterocycles. The van der Waals surface area contributed by atoms with Gasteiger partial charge in [-0.25, -0.2) is 8.42 Å². The number of carbonyl (C=O) groups is 3. The van der Waals surface area contributed by atoms with E-state index in [4.69, 9.17) is 9.47 Å². The summed E-state index contributed by atoms with van der Waals surface area (Å²) in [6.07, 6.45) is -4.65. The van der Waals surface area contributed by atoms with Crippen molar-refractivity contribution in [1.82, 2.24) is 14.8 Å². The molecule has 1 aliphatic carbocycles. The fraction of sp³-hybridized carbons (Fsp3) is 0.429. The van der Waals surface area contributed by atoms with Gasteiger partial charge in [-0.05, 0) is 49.1 Å². The van der Waals surface area contributed by atoms with Crippen LogP contribution >= 0.6 is 11.3 Å². The van der Waals surface area contributed by atoms with Gasteiger partial charge in [0.25, 0.3) is 15.9 Å². The first-order valence-electron chi connectivity index (χ1n) is 13.5. The van der Waals surface area contributed by atoms with Gasteiger partial charge in [0, 0.05) is 44.7 Å². The highest BCUT2D eigenvalue weighted by Gasteiger charge is 2.74. The van der Waals surface area contributed by atoms with E-state index >= 15 is 0 Å². The number of likely N-dealkylation sites (N-methyl/N-ethyl adjacent to an activating group) is 1. The highest BCUT2D eigenvalue weighted by atomic mass is 32.2. The average Bonchev–Trinajstić information content (AvgIpc) is 3.35. The molecule has 0 radical (unpaired) electrons. The van der Waals surface area contributed by atoms with Crippen LogP contribution in [0.1, 0.15) is 47.9 Å². The number of benzene rings is 1. The van der Waals surface area contributed by atoms with E-state index in [1.165, 1.54) is 37.1 Å². The second kappa shape index (κ2) is 12.9. The molecular weight excluding hydrogens is 643 g/mol. The molecule has 1 fully saturated rings. The fourth-order valence-electron chi connectivity index (χ4n) is 5.14. The summed E-state index contributed by atoms with van der Waals surface area (Å²) in [4.78, 5) is 38.4. The number of thiophene rings is 1. The highest BCUT2D eigenvalue weighted by molar-refractivity contribution is 7.91. The second-order valence-corrected chi connectivity index (χ2v) is 13.5. The van der Waals surface area contributed by atoms with E-state index in [0.29, 0.717) is 41.7 Å². The van der Waals surface area contributed by atoms with E-state index in [9.17, 15) is 41.1 Å². The number of alkyl halides is 3. The number of hydrogen-bond acceptors (Lipinski definition) is 10.